The fraction of sp³-hybridized carbons (Fsp3) is 0.667. The summed E-state index contributed by atoms with van der Waals surface area (Å²) >= 11 is 0. The van der Waals surface area contributed by atoms with Crippen LogP contribution in [0.5, 0.6) is 0 Å². The molecule has 1 atom stereocenters. The van der Waals surface area contributed by atoms with E-state index in [4.69, 9.17) is 4.74 Å². The zero-order chi connectivity index (χ0) is 15.2. The third-order valence-electron chi connectivity index (χ3n) is 4.31. The summed E-state index contributed by atoms with van der Waals surface area (Å²) in [6.07, 6.45) is 2.56. The number of nitrogens with zero attached hydrogens (tertiary/aromatic N) is 1. The molecule has 1 aromatic rings. The van der Waals surface area contributed by atoms with Gasteiger partial charge in [0.25, 0.3) is 0 Å². The van der Waals surface area contributed by atoms with Crippen molar-refractivity contribution < 1.29 is 4.74 Å². The van der Waals surface area contributed by atoms with E-state index in [1.54, 1.807) is 7.11 Å². The van der Waals surface area contributed by atoms with Crippen molar-refractivity contribution in [2.45, 2.75) is 46.2 Å². The molecule has 0 radical (unpaired) electrons. The molecule has 1 fully saturated rings. The van der Waals surface area contributed by atoms with Crippen molar-refractivity contribution in [3.8, 4) is 0 Å². The lowest BCUT2D eigenvalue weighted by molar-refractivity contribution is 0.143. The number of nitrogens with one attached hydrogen (secondary N) is 1. The van der Waals surface area contributed by atoms with E-state index in [0.717, 1.165) is 19.7 Å². The molecule has 3 heteroatoms. The fourth-order valence-electron chi connectivity index (χ4n) is 3.06. The van der Waals surface area contributed by atoms with E-state index in [-0.39, 0.29) is 0 Å². The van der Waals surface area contributed by atoms with Crippen LogP contribution in [0.4, 0.5) is 5.69 Å². The summed E-state index contributed by atoms with van der Waals surface area (Å²) in [5.41, 5.74) is 4.15. The van der Waals surface area contributed by atoms with Crippen LogP contribution in [0.15, 0.2) is 18.2 Å². The van der Waals surface area contributed by atoms with Crippen molar-refractivity contribution in [3.63, 3.8) is 0 Å². The Morgan fingerprint density at radius 2 is 2.19 bits per heavy atom. The zero-order valence-corrected chi connectivity index (χ0v) is 14.0. The molecule has 1 aromatic carbocycles. The van der Waals surface area contributed by atoms with E-state index >= 15 is 0 Å². The molecule has 0 saturated carbocycles. The molecule has 1 saturated heterocycles. The minimum Gasteiger partial charge on any atom is -0.384 e. The maximum atomic E-state index is 5.33. The van der Waals surface area contributed by atoms with E-state index in [0.29, 0.717) is 12.0 Å². The van der Waals surface area contributed by atoms with E-state index in [2.05, 4.69) is 49.2 Å². The van der Waals surface area contributed by atoms with Gasteiger partial charge < -0.3 is 15.0 Å². The molecule has 1 unspecified atom stereocenters. The summed E-state index contributed by atoms with van der Waals surface area (Å²) < 4.78 is 5.33. The highest BCUT2D eigenvalue weighted by atomic mass is 16.5. The first-order valence-electron chi connectivity index (χ1n) is 8.17. The quantitative estimate of drug-likeness (QED) is 0.869. The van der Waals surface area contributed by atoms with Crippen LogP contribution in [0.2, 0.25) is 0 Å². The average Bonchev–Trinajstić information content (AvgIpc) is 2.46. The maximum Gasteiger partial charge on any atom is 0.0507 e. The van der Waals surface area contributed by atoms with Crippen molar-refractivity contribution in [2.75, 3.05) is 31.7 Å². The van der Waals surface area contributed by atoms with Crippen molar-refractivity contribution in [3.05, 3.63) is 29.3 Å². The van der Waals surface area contributed by atoms with Crippen molar-refractivity contribution in [1.82, 2.24) is 5.32 Å². The number of aryl methyl sites for hydroxylation is 1. The Balaban J connectivity index is 2.01. The Morgan fingerprint density at radius 3 is 2.86 bits per heavy atom. The van der Waals surface area contributed by atoms with Gasteiger partial charge >= 0.3 is 0 Å². The SMILES string of the molecule is COCC1CCCN(c2ccc(CNC(C)C)c(C)c2)C1. The van der Waals surface area contributed by atoms with E-state index in [9.17, 15) is 0 Å². The fourth-order valence-corrected chi connectivity index (χ4v) is 3.06. The molecule has 0 aliphatic carbocycles. The number of hydrogen-bond acceptors (Lipinski definition) is 3. The first kappa shape index (κ1) is 16.3. The lowest BCUT2D eigenvalue weighted by Gasteiger charge is -2.34. The summed E-state index contributed by atoms with van der Waals surface area (Å²) in [7, 11) is 1.81. The van der Waals surface area contributed by atoms with Crippen LogP contribution < -0.4 is 10.2 Å². The topological polar surface area (TPSA) is 24.5 Å². The highest BCUT2D eigenvalue weighted by molar-refractivity contribution is 5.51. The van der Waals surface area contributed by atoms with Crippen LogP contribution in [0.3, 0.4) is 0 Å². The first-order chi connectivity index (χ1) is 10.1. The van der Waals surface area contributed by atoms with Crippen LogP contribution in [0, 0.1) is 12.8 Å². The van der Waals surface area contributed by atoms with Crippen LogP contribution >= 0.6 is 0 Å². The van der Waals surface area contributed by atoms with Gasteiger partial charge in [-0.1, -0.05) is 19.9 Å². The van der Waals surface area contributed by atoms with Crippen molar-refractivity contribution in [1.29, 1.82) is 0 Å². The maximum absolute atomic E-state index is 5.33. The third kappa shape index (κ3) is 4.72. The molecule has 0 amide bonds. The predicted molar refractivity (Wildman–Crippen MR) is 90.0 cm³/mol. The van der Waals surface area contributed by atoms with Gasteiger partial charge in [0.05, 0.1) is 6.61 Å². The minimum atomic E-state index is 0.529. The Bertz CT molecular complexity index is 443. The lowest BCUT2D eigenvalue weighted by atomic mass is 9.97. The molecule has 1 heterocycles. The molecule has 21 heavy (non-hydrogen) atoms. The first-order valence-corrected chi connectivity index (χ1v) is 8.17. The lowest BCUT2D eigenvalue weighted by Crippen LogP contribution is -2.37. The monoisotopic (exact) mass is 290 g/mol. The van der Waals surface area contributed by atoms with Gasteiger partial charge in [0, 0.05) is 38.5 Å². The van der Waals surface area contributed by atoms with Crippen LogP contribution in [0.25, 0.3) is 0 Å². The molecule has 1 N–H and O–H groups in total. The molecule has 0 spiro atoms. The van der Waals surface area contributed by atoms with Crippen molar-refractivity contribution in [2.24, 2.45) is 5.92 Å². The number of hydrogen-bond donors (Lipinski definition) is 1. The minimum absolute atomic E-state index is 0.529. The molecular weight excluding hydrogens is 260 g/mol. The molecule has 0 bridgehead atoms. The van der Waals surface area contributed by atoms with E-state index < -0.39 is 0 Å². The molecular formula is C18H30N2O. The van der Waals surface area contributed by atoms with E-state index in [1.807, 2.05) is 0 Å². The molecule has 2 rings (SSSR count). The second-order valence-corrected chi connectivity index (χ2v) is 6.56. The van der Waals surface area contributed by atoms with Gasteiger partial charge in [-0.3, -0.25) is 0 Å². The van der Waals surface area contributed by atoms with Gasteiger partial charge in [0.1, 0.15) is 0 Å². The van der Waals surface area contributed by atoms with Gasteiger partial charge in [-0.2, -0.15) is 0 Å². The third-order valence-corrected chi connectivity index (χ3v) is 4.31. The Labute approximate surface area is 129 Å². The number of ether oxygens (including phenoxy) is 1. The van der Waals surface area contributed by atoms with Gasteiger partial charge in [-0.05, 0) is 48.9 Å². The van der Waals surface area contributed by atoms with Crippen LogP contribution in [-0.2, 0) is 11.3 Å². The summed E-state index contributed by atoms with van der Waals surface area (Å²) in [5.74, 6) is 0.673. The van der Waals surface area contributed by atoms with Crippen LogP contribution in [0.1, 0.15) is 37.8 Å². The largest absolute Gasteiger partial charge is 0.384 e. The smallest absolute Gasteiger partial charge is 0.0507 e. The predicted octanol–water partition coefficient (Wildman–Crippen LogP) is 3.36. The Kier molecular flexibility index (Phi) is 6.07. The summed E-state index contributed by atoms with van der Waals surface area (Å²) in [6.45, 7) is 10.7. The zero-order valence-electron chi connectivity index (χ0n) is 14.0. The standard InChI is InChI=1S/C18H30N2O/c1-14(2)19-11-17-7-8-18(10-15(17)3)20-9-5-6-16(12-20)13-21-4/h7-8,10,14,16,19H,5-6,9,11-13H2,1-4H3. The second-order valence-electron chi connectivity index (χ2n) is 6.56. The summed E-state index contributed by atoms with van der Waals surface area (Å²) in [4.78, 5) is 2.51. The van der Waals surface area contributed by atoms with Gasteiger partial charge in [0.2, 0.25) is 0 Å². The molecule has 118 valence electrons. The number of methoxy groups -OCH3 is 1. The molecule has 1 aliphatic rings. The highest BCUT2D eigenvalue weighted by Crippen LogP contribution is 2.25. The summed E-state index contributed by atoms with van der Waals surface area (Å²) in [6, 6.07) is 7.42. The number of benzene rings is 1. The molecule has 0 aromatic heterocycles. The average molecular weight is 290 g/mol. The Hall–Kier alpha value is -1.06. The van der Waals surface area contributed by atoms with E-state index in [1.165, 1.54) is 36.2 Å². The number of anilines is 1. The Morgan fingerprint density at radius 1 is 1.38 bits per heavy atom. The highest BCUT2D eigenvalue weighted by Gasteiger charge is 2.20. The second kappa shape index (κ2) is 7.81. The van der Waals surface area contributed by atoms with Gasteiger partial charge in [-0.25, -0.2) is 0 Å². The summed E-state index contributed by atoms with van der Waals surface area (Å²) in [5, 5.41) is 3.50. The van der Waals surface area contributed by atoms with Crippen molar-refractivity contribution >= 4 is 5.69 Å². The molecule has 1 aliphatic heterocycles. The normalized spacial score (nSPS) is 19.3. The number of rotatable bonds is 6. The van der Waals surface area contributed by atoms with Gasteiger partial charge in [0.15, 0.2) is 0 Å². The molecule has 3 nitrogen and oxygen atoms in total. The number of piperidine rings is 1. The van der Waals surface area contributed by atoms with Gasteiger partial charge in [-0.15, -0.1) is 0 Å². The van der Waals surface area contributed by atoms with Crippen LogP contribution in [-0.4, -0.2) is 32.8 Å².